The number of benzene rings is 1. The molecule has 1 amide bonds. The molecule has 0 radical (unpaired) electrons. The maximum absolute atomic E-state index is 13.5. The molecule has 1 aromatic carbocycles. The Labute approximate surface area is 194 Å². The van der Waals surface area contributed by atoms with E-state index in [9.17, 15) is 18.0 Å². The average molecular weight is 516 g/mol. The van der Waals surface area contributed by atoms with Gasteiger partial charge in [0.1, 0.15) is 10.3 Å². The van der Waals surface area contributed by atoms with Crippen LogP contribution in [0.3, 0.4) is 0 Å². The second kappa shape index (κ2) is 8.22. The second-order valence-corrected chi connectivity index (χ2v) is 11.0. The summed E-state index contributed by atoms with van der Waals surface area (Å²) in [6.45, 7) is 1.89. The molecule has 0 spiro atoms. The molecule has 2 heterocycles. The number of aromatic nitrogens is 2. The molecular weight excluding hydrogens is 494 g/mol. The highest BCUT2D eigenvalue weighted by Crippen LogP contribution is 2.32. The average Bonchev–Trinajstić information content (AvgIpc) is 3.22. The molecule has 32 heavy (non-hydrogen) atoms. The molecule has 9 heteroatoms. The Kier molecular flexibility index (Phi) is 5.72. The predicted molar refractivity (Wildman–Crippen MR) is 128 cm³/mol. The number of carbonyl (C=O) groups is 1. The molecule has 1 aliphatic carbocycles. The van der Waals surface area contributed by atoms with Crippen LogP contribution in [0.4, 0.5) is 0 Å². The summed E-state index contributed by atoms with van der Waals surface area (Å²) in [6, 6.07) is 8.59. The molecule has 1 N–H and O–H groups in total. The molecule has 166 valence electrons. The van der Waals surface area contributed by atoms with Crippen LogP contribution < -0.4 is 10.9 Å². The third-order valence-corrected chi connectivity index (χ3v) is 8.47. The van der Waals surface area contributed by atoms with Gasteiger partial charge in [0, 0.05) is 29.3 Å². The fourth-order valence-electron chi connectivity index (χ4n) is 3.88. The number of rotatable bonds is 5. The van der Waals surface area contributed by atoms with Gasteiger partial charge < -0.3 is 9.88 Å². The molecule has 0 fully saturated rings. The summed E-state index contributed by atoms with van der Waals surface area (Å²) in [5, 5.41) is 3.20. The van der Waals surface area contributed by atoms with Crippen molar-refractivity contribution in [3.05, 3.63) is 93.0 Å². The van der Waals surface area contributed by atoms with Gasteiger partial charge in [-0.25, -0.2) is 12.4 Å². The van der Waals surface area contributed by atoms with Gasteiger partial charge in [0.15, 0.2) is 0 Å². The van der Waals surface area contributed by atoms with Crippen LogP contribution in [0.2, 0.25) is 0 Å². The first-order valence-electron chi connectivity index (χ1n) is 9.98. The summed E-state index contributed by atoms with van der Waals surface area (Å²) in [5.74, 6) is -0.469. The molecule has 4 rings (SSSR count). The van der Waals surface area contributed by atoms with Crippen molar-refractivity contribution in [3.63, 3.8) is 0 Å². The highest BCUT2D eigenvalue weighted by atomic mass is 79.9. The van der Waals surface area contributed by atoms with Gasteiger partial charge in [-0.1, -0.05) is 36.4 Å². The van der Waals surface area contributed by atoms with Gasteiger partial charge in [-0.2, -0.15) is 0 Å². The molecule has 0 bridgehead atoms. The molecule has 0 saturated carbocycles. The fourth-order valence-corrected chi connectivity index (χ4v) is 6.00. The second-order valence-electron chi connectivity index (χ2n) is 7.85. The number of carbonyl (C=O) groups excluding carboxylic acids is 1. The summed E-state index contributed by atoms with van der Waals surface area (Å²) >= 11 is 3.35. The number of fused-ring (bicyclic) bond motifs is 1. The van der Waals surface area contributed by atoms with Crippen LogP contribution in [0.15, 0.2) is 76.3 Å². The Morgan fingerprint density at radius 3 is 2.72 bits per heavy atom. The molecule has 1 unspecified atom stereocenters. The van der Waals surface area contributed by atoms with Crippen LogP contribution in [0.25, 0.3) is 10.9 Å². The van der Waals surface area contributed by atoms with Gasteiger partial charge in [-0.15, -0.1) is 0 Å². The van der Waals surface area contributed by atoms with Crippen LogP contribution in [-0.4, -0.2) is 34.7 Å². The number of halogens is 1. The van der Waals surface area contributed by atoms with Crippen LogP contribution in [0.5, 0.6) is 0 Å². The number of amides is 1. The van der Waals surface area contributed by atoms with E-state index in [1.807, 2.05) is 18.2 Å². The summed E-state index contributed by atoms with van der Waals surface area (Å²) in [7, 11) is -2.25. The molecule has 2 aromatic heterocycles. The number of hydrogen-bond acceptors (Lipinski definition) is 4. The number of pyridine rings is 1. The summed E-state index contributed by atoms with van der Waals surface area (Å²) in [6.07, 6.45) is 10.7. The molecule has 7 nitrogen and oxygen atoms in total. The van der Waals surface area contributed by atoms with Crippen molar-refractivity contribution in [2.45, 2.75) is 24.6 Å². The highest BCUT2D eigenvalue weighted by Gasteiger charge is 2.38. The zero-order valence-corrected chi connectivity index (χ0v) is 20.0. The van der Waals surface area contributed by atoms with E-state index in [0.717, 1.165) is 10.9 Å². The zero-order valence-electron chi connectivity index (χ0n) is 17.6. The van der Waals surface area contributed by atoms with E-state index < -0.39 is 26.2 Å². The molecule has 1 atom stereocenters. The number of hydrogen-bond donors (Lipinski definition) is 1. The van der Waals surface area contributed by atoms with Crippen molar-refractivity contribution in [1.82, 2.24) is 13.9 Å². The minimum absolute atomic E-state index is 0.0271. The first kappa shape index (κ1) is 22.3. The predicted octanol–water partition coefficient (Wildman–Crippen LogP) is 3.43. The Hall–Kier alpha value is -2.91. The lowest BCUT2D eigenvalue weighted by atomic mass is 10.0. The minimum Gasteiger partial charge on any atom is -0.355 e. The van der Waals surface area contributed by atoms with Crippen molar-refractivity contribution >= 4 is 42.8 Å². The van der Waals surface area contributed by atoms with Gasteiger partial charge in [0.25, 0.3) is 11.5 Å². The molecule has 3 aromatic rings. The normalized spacial score (nSPS) is 18.2. The van der Waals surface area contributed by atoms with E-state index in [1.54, 1.807) is 49.7 Å². The van der Waals surface area contributed by atoms with Gasteiger partial charge in [-0.3, -0.25) is 9.59 Å². The van der Waals surface area contributed by atoms with Gasteiger partial charge in [0.05, 0.1) is 12.1 Å². The molecule has 1 aliphatic rings. The van der Waals surface area contributed by atoms with E-state index in [-0.39, 0.29) is 12.1 Å². The van der Waals surface area contributed by atoms with E-state index >= 15 is 0 Å². The number of allylic oxidation sites excluding steroid dienone is 3. The largest absolute Gasteiger partial charge is 0.355 e. The first-order chi connectivity index (χ1) is 15.2. The van der Waals surface area contributed by atoms with Gasteiger partial charge >= 0.3 is 0 Å². The van der Waals surface area contributed by atoms with Crippen molar-refractivity contribution in [2.75, 3.05) is 7.05 Å². The Balaban J connectivity index is 1.80. The lowest BCUT2D eigenvalue weighted by Gasteiger charge is -2.27. The number of nitrogens with one attached hydrogen (secondary N) is 1. The topological polar surface area (TPSA) is 90.2 Å². The monoisotopic (exact) mass is 515 g/mol. The standard InChI is InChI=1S/C23H22BrN3O4S/c1-23(10-4-3-5-11-23)32(30,31)27-12-9-18-16(7-6-8-20(18)27)14-26-15-17(24)13-19(22(26)29)21(28)25-2/h3-10,12-13,15H,11,14H2,1-2H3,(H,25,28). The Bertz CT molecular complexity index is 1450. The molecular formula is C23H22BrN3O4S. The van der Waals surface area contributed by atoms with E-state index in [4.69, 9.17) is 0 Å². The van der Waals surface area contributed by atoms with Gasteiger partial charge in [0.2, 0.25) is 10.0 Å². The smallest absolute Gasteiger partial charge is 0.263 e. The Morgan fingerprint density at radius 1 is 1.25 bits per heavy atom. The van der Waals surface area contributed by atoms with Crippen molar-refractivity contribution in [3.8, 4) is 0 Å². The van der Waals surface area contributed by atoms with Crippen LogP contribution in [0, 0.1) is 0 Å². The summed E-state index contributed by atoms with van der Waals surface area (Å²) in [4.78, 5) is 24.9. The SMILES string of the molecule is CNC(=O)c1cc(Br)cn(Cc2cccc3c2ccn3S(=O)(=O)C2(C)C=CC=CC2)c1=O. The third kappa shape index (κ3) is 3.65. The maximum Gasteiger partial charge on any atom is 0.263 e. The summed E-state index contributed by atoms with van der Waals surface area (Å²) in [5.41, 5.74) is 0.910. The zero-order chi connectivity index (χ0) is 23.1. The fraction of sp³-hybridized carbons (Fsp3) is 0.217. The first-order valence-corrected chi connectivity index (χ1v) is 12.2. The van der Waals surface area contributed by atoms with Crippen LogP contribution >= 0.6 is 15.9 Å². The van der Waals surface area contributed by atoms with Crippen molar-refractivity contribution in [1.29, 1.82) is 0 Å². The maximum atomic E-state index is 13.5. The van der Waals surface area contributed by atoms with E-state index in [1.165, 1.54) is 21.7 Å². The highest BCUT2D eigenvalue weighted by molar-refractivity contribution is 9.10. The minimum atomic E-state index is -3.72. The van der Waals surface area contributed by atoms with Crippen LogP contribution in [0.1, 0.15) is 29.3 Å². The summed E-state index contributed by atoms with van der Waals surface area (Å²) < 4.78 is 29.2. The Morgan fingerprint density at radius 2 is 2.03 bits per heavy atom. The third-order valence-electron chi connectivity index (χ3n) is 5.72. The number of nitrogens with zero attached hydrogens (tertiary/aromatic N) is 2. The van der Waals surface area contributed by atoms with Crippen molar-refractivity contribution < 1.29 is 13.2 Å². The molecule has 0 aliphatic heterocycles. The lowest BCUT2D eigenvalue weighted by Crippen LogP contribution is -2.37. The van der Waals surface area contributed by atoms with E-state index in [2.05, 4.69) is 21.2 Å². The van der Waals surface area contributed by atoms with Gasteiger partial charge in [-0.05, 0) is 53.0 Å². The van der Waals surface area contributed by atoms with Crippen molar-refractivity contribution in [2.24, 2.45) is 0 Å². The molecule has 0 saturated heterocycles. The van der Waals surface area contributed by atoms with Crippen LogP contribution in [-0.2, 0) is 16.6 Å². The van der Waals surface area contributed by atoms with E-state index in [0.29, 0.717) is 16.4 Å². The lowest BCUT2D eigenvalue weighted by molar-refractivity contribution is 0.0961. The quantitative estimate of drug-likeness (QED) is 0.563.